The van der Waals surface area contributed by atoms with Crippen LogP contribution in [0.5, 0.6) is 0 Å². The molecule has 1 saturated heterocycles. The number of sulfonamides is 1. The van der Waals surface area contributed by atoms with Gasteiger partial charge in [-0.15, -0.1) is 0 Å². The van der Waals surface area contributed by atoms with Gasteiger partial charge in [0.15, 0.2) is 0 Å². The fourth-order valence-electron chi connectivity index (χ4n) is 3.57. The third-order valence-corrected chi connectivity index (χ3v) is 6.90. The van der Waals surface area contributed by atoms with Crippen molar-refractivity contribution < 1.29 is 13.2 Å². The van der Waals surface area contributed by atoms with E-state index in [1.807, 2.05) is 23.1 Å². The number of fused-ring (bicyclic) bond motifs is 1. The van der Waals surface area contributed by atoms with Crippen LogP contribution in [-0.2, 0) is 21.2 Å². The van der Waals surface area contributed by atoms with Crippen LogP contribution in [0.1, 0.15) is 44.1 Å². The lowest BCUT2D eigenvalue weighted by atomic mass is 10.2. The van der Waals surface area contributed by atoms with Crippen molar-refractivity contribution in [3.63, 3.8) is 0 Å². The van der Waals surface area contributed by atoms with Gasteiger partial charge in [-0.05, 0) is 43.7 Å². The molecule has 0 bridgehead atoms. The lowest BCUT2D eigenvalue weighted by Gasteiger charge is -2.25. The van der Waals surface area contributed by atoms with Crippen LogP contribution in [-0.4, -0.2) is 44.0 Å². The van der Waals surface area contributed by atoms with Crippen molar-refractivity contribution in [2.24, 2.45) is 0 Å². The molecule has 3 rings (SSSR count). The summed E-state index contributed by atoms with van der Waals surface area (Å²) in [5, 5.41) is 0. The zero-order chi connectivity index (χ0) is 17.0. The number of piperidine rings is 1. The molecular formula is C18H26N2O3S. The molecule has 24 heavy (non-hydrogen) atoms. The van der Waals surface area contributed by atoms with Crippen molar-refractivity contribution in [3.8, 4) is 0 Å². The number of unbranched alkanes of at least 4 members (excludes halogenated alkanes) is 1. The highest BCUT2D eigenvalue weighted by atomic mass is 32.2. The Morgan fingerprint density at radius 1 is 1.00 bits per heavy atom. The summed E-state index contributed by atoms with van der Waals surface area (Å²) < 4.78 is 26.2. The normalized spacial score (nSPS) is 18.6. The molecule has 1 fully saturated rings. The summed E-state index contributed by atoms with van der Waals surface area (Å²) in [7, 11) is -3.14. The summed E-state index contributed by atoms with van der Waals surface area (Å²) >= 11 is 0. The van der Waals surface area contributed by atoms with Crippen LogP contribution in [0.2, 0.25) is 0 Å². The Kier molecular flexibility index (Phi) is 5.56. The molecule has 2 aliphatic rings. The minimum atomic E-state index is -3.14. The molecule has 0 aromatic heterocycles. The van der Waals surface area contributed by atoms with Gasteiger partial charge in [0, 0.05) is 31.7 Å². The molecule has 1 aromatic carbocycles. The first-order valence-electron chi connectivity index (χ1n) is 8.94. The predicted octanol–water partition coefficient (Wildman–Crippen LogP) is 2.56. The second-order valence-corrected chi connectivity index (χ2v) is 8.75. The summed E-state index contributed by atoms with van der Waals surface area (Å²) in [5.41, 5.74) is 2.24. The molecule has 1 aromatic rings. The van der Waals surface area contributed by atoms with Crippen LogP contribution in [0.25, 0.3) is 0 Å². The fourth-order valence-corrected chi connectivity index (χ4v) is 5.21. The van der Waals surface area contributed by atoms with E-state index in [0.717, 1.165) is 37.9 Å². The molecule has 0 saturated carbocycles. The molecule has 2 aliphatic heterocycles. The van der Waals surface area contributed by atoms with Gasteiger partial charge in [-0.1, -0.05) is 24.6 Å². The Morgan fingerprint density at radius 3 is 2.54 bits per heavy atom. The third kappa shape index (κ3) is 3.98. The zero-order valence-corrected chi connectivity index (χ0v) is 14.9. The van der Waals surface area contributed by atoms with E-state index in [9.17, 15) is 13.2 Å². The summed E-state index contributed by atoms with van der Waals surface area (Å²) in [6, 6.07) is 8.00. The molecule has 132 valence electrons. The summed E-state index contributed by atoms with van der Waals surface area (Å²) in [4.78, 5) is 14.2. The van der Waals surface area contributed by atoms with E-state index >= 15 is 0 Å². The average Bonchev–Trinajstić information content (AvgIpc) is 3.03. The number of nitrogens with zero attached hydrogens (tertiary/aromatic N) is 2. The van der Waals surface area contributed by atoms with E-state index in [4.69, 9.17) is 0 Å². The van der Waals surface area contributed by atoms with E-state index in [0.29, 0.717) is 32.4 Å². The fraction of sp³-hybridized carbons (Fsp3) is 0.611. The van der Waals surface area contributed by atoms with Crippen LogP contribution in [0.4, 0.5) is 5.69 Å². The topological polar surface area (TPSA) is 57.7 Å². The molecule has 0 N–H and O–H groups in total. The van der Waals surface area contributed by atoms with Gasteiger partial charge in [-0.2, -0.15) is 0 Å². The monoisotopic (exact) mass is 350 g/mol. The minimum absolute atomic E-state index is 0.107. The molecule has 0 atom stereocenters. The van der Waals surface area contributed by atoms with Gasteiger partial charge in [0.2, 0.25) is 15.9 Å². The van der Waals surface area contributed by atoms with E-state index in [-0.39, 0.29) is 11.7 Å². The van der Waals surface area contributed by atoms with Gasteiger partial charge < -0.3 is 4.90 Å². The first kappa shape index (κ1) is 17.4. The van der Waals surface area contributed by atoms with Crippen molar-refractivity contribution in [3.05, 3.63) is 29.8 Å². The van der Waals surface area contributed by atoms with Gasteiger partial charge >= 0.3 is 0 Å². The lowest BCUT2D eigenvalue weighted by molar-refractivity contribution is -0.118. The SMILES string of the molecule is O=C(CCCCS(=O)(=O)N1CCCCC1)N1CCc2ccccc21. The Bertz CT molecular complexity index is 681. The van der Waals surface area contributed by atoms with Gasteiger partial charge in [-0.25, -0.2) is 12.7 Å². The molecule has 1 amide bonds. The van der Waals surface area contributed by atoms with Crippen molar-refractivity contribution >= 4 is 21.6 Å². The third-order valence-electron chi connectivity index (χ3n) is 4.94. The average molecular weight is 350 g/mol. The summed E-state index contributed by atoms with van der Waals surface area (Å²) in [5.74, 6) is 0.270. The van der Waals surface area contributed by atoms with E-state index < -0.39 is 10.0 Å². The highest BCUT2D eigenvalue weighted by Crippen LogP contribution is 2.28. The molecular weight excluding hydrogens is 324 g/mol. The van der Waals surface area contributed by atoms with Crippen LogP contribution < -0.4 is 4.90 Å². The number of benzene rings is 1. The molecule has 0 radical (unpaired) electrons. The Labute approximate surface area is 144 Å². The highest BCUT2D eigenvalue weighted by Gasteiger charge is 2.25. The number of amides is 1. The second-order valence-electron chi connectivity index (χ2n) is 6.66. The molecule has 0 unspecified atom stereocenters. The lowest BCUT2D eigenvalue weighted by Crippen LogP contribution is -2.37. The van der Waals surface area contributed by atoms with Gasteiger partial charge in [0.1, 0.15) is 0 Å². The standard InChI is InChI=1S/C18H26N2O3S/c21-18(20-14-11-16-8-2-3-9-17(16)20)10-4-7-15-24(22,23)19-12-5-1-6-13-19/h2-3,8-9H,1,4-7,10-15H2. The van der Waals surface area contributed by atoms with Gasteiger partial charge in [-0.3, -0.25) is 4.79 Å². The molecule has 6 heteroatoms. The van der Waals surface area contributed by atoms with Crippen molar-refractivity contribution in [1.29, 1.82) is 0 Å². The number of carbonyl (C=O) groups is 1. The van der Waals surface area contributed by atoms with Gasteiger partial charge in [0.05, 0.1) is 5.75 Å². The molecule has 2 heterocycles. The first-order chi connectivity index (χ1) is 11.6. The maximum Gasteiger partial charge on any atom is 0.226 e. The Hall–Kier alpha value is -1.40. The van der Waals surface area contributed by atoms with Crippen molar-refractivity contribution in [2.75, 3.05) is 30.3 Å². The quantitative estimate of drug-likeness (QED) is 0.741. The number of carbonyl (C=O) groups excluding carboxylic acids is 1. The van der Waals surface area contributed by atoms with Crippen LogP contribution in [0.3, 0.4) is 0 Å². The van der Waals surface area contributed by atoms with Crippen molar-refractivity contribution in [1.82, 2.24) is 4.31 Å². The maximum absolute atomic E-state index is 12.4. The summed E-state index contributed by atoms with van der Waals surface area (Å²) in [6.45, 7) is 2.06. The van der Waals surface area contributed by atoms with Gasteiger partial charge in [0.25, 0.3) is 0 Å². The molecule has 0 aliphatic carbocycles. The highest BCUT2D eigenvalue weighted by molar-refractivity contribution is 7.89. The van der Waals surface area contributed by atoms with E-state index in [2.05, 4.69) is 6.07 Å². The number of hydrogen-bond acceptors (Lipinski definition) is 3. The molecule has 5 nitrogen and oxygen atoms in total. The Balaban J connectivity index is 1.44. The van der Waals surface area contributed by atoms with Crippen LogP contribution >= 0.6 is 0 Å². The number of para-hydroxylation sites is 1. The second kappa shape index (κ2) is 7.66. The predicted molar refractivity (Wildman–Crippen MR) is 95.6 cm³/mol. The minimum Gasteiger partial charge on any atom is -0.312 e. The number of hydrogen-bond donors (Lipinski definition) is 0. The first-order valence-corrected chi connectivity index (χ1v) is 10.5. The van der Waals surface area contributed by atoms with E-state index in [1.54, 1.807) is 4.31 Å². The Morgan fingerprint density at radius 2 is 1.75 bits per heavy atom. The summed E-state index contributed by atoms with van der Waals surface area (Å²) in [6.07, 6.45) is 5.57. The maximum atomic E-state index is 12.4. The van der Waals surface area contributed by atoms with Crippen LogP contribution in [0.15, 0.2) is 24.3 Å². The van der Waals surface area contributed by atoms with Crippen LogP contribution in [0, 0.1) is 0 Å². The number of rotatable bonds is 6. The molecule has 0 spiro atoms. The number of anilines is 1. The largest absolute Gasteiger partial charge is 0.312 e. The van der Waals surface area contributed by atoms with Crippen molar-refractivity contribution in [2.45, 2.75) is 44.9 Å². The smallest absolute Gasteiger partial charge is 0.226 e. The van der Waals surface area contributed by atoms with E-state index in [1.165, 1.54) is 5.56 Å². The zero-order valence-electron chi connectivity index (χ0n) is 14.1.